The van der Waals surface area contributed by atoms with Crippen LogP contribution >= 0.6 is 0 Å². The van der Waals surface area contributed by atoms with Crippen molar-refractivity contribution in [1.82, 2.24) is 0 Å². The Bertz CT molecular complexity index is 702. The lowest BCUT2D eigenvalue weighted by atomic mass is 10.3. The second-order valence-corrected chi connectivity index (χ2v) is 6.38. The summed E-state index contributed by atoms with van der Waals surface area (Å²) in [5.74, 6) is -7.22. The molecule has 0 saturated heterocycles. The van der Waals surface area contributed by atoms with Gasteiger partial charge in [-0.15, -0.1) is 0 Å². The van der Waals surface area contributed by atoms with E-state index in [1.54, 1.807) is 9.69 Å². The number of rotatable bonds is 5. The van der Waals surface area contributed by atoms with Crippen LogP contribution in [0, 0.1) is 18.6 Å². The molecule has 0 N–H and O–H groups in total. The highest BCUT2D eigenvalue weighted by Crippen LogP contribution is 2.52. The molecule has 0 saturated carbocycles. The molecule has 0 aliphatic carbocycles. The summed E-state index contributed by atoms with van der Waals surface area (Å²) in [6.07, 6.45) is 0. The first kappa shape index (κ1) is 19.3. The largest absolute Gasteiger partial charge is 0.743 e. The van der Waals surface area contributed by atoms with E-state index in [0.29, 0.717) is 0 Å². The number of nitrogens with zero attached hydrogens (tertiary/aromatic N) is 2. The van der Waals surface area contributed by atoms with Gasteiger partial charge < -0.3 is 14.2 Å². The molecule has 0 atom stereocenters. The predicted molar refractivity (Wildman–Crippen MR) is 49.9 cm³/mol. The first-order valence-electron chi connectivity index (χ1n) is 3.97. The van der Waals surface area contributed by atoms with Crippen molar-refractivity contribution in [2.75, 3.05) is 0 Å². The van der Waals surface area contributed by atoms with E-state index < -0.39 is 41.9 Å². The lowest BCUT2D eigenvalue weighted by Gasteiger charge is -2.33. The Balaban J connectivity index is 6.43. The molecule has 0 spiro atoms. The fourth-order valence-corrected chi connectivity index (χ4v) is 2.20. The van der Waals surface area contributed by atoms with Crippen molar-refractivity contribution >= 4 is 20.0 Å². The fourth-order valence-electron chi connectivity index (χ4n) is 0.755. The lowest BCUT2D eigenvalue weighted by Crippen LogP contribution is -2.61. The Morgan fingerprint density at radius 3 is 1.43 bits per heavy atom. The molecule has 0 aromatic heterocycles. The SMILES string of the molecule is [C-]#[N+][C-]([N+]#[C-])S(=O)(=O)C(F)(F)C(F)(F)C(F)(F)S(=O)(=O)[O-]. The van der Waals surface area contributed by atoms with Crippen LogP contribution in [0.15, 0.2) is 0 Å². The number of sulfone groups is 1. The van der Waals surface area contributed by atoms with Crippen LogP contribution in [0.25, 0.3) is 9.69 Å². The first-order chi connectivity index (χ1) is 9.02. The van der Waals surface area contributed by atoms with Crippen molar-refractivity contribution in [3.63, 3.8) is 0 Å². The molecular weight excluding hydrogens is 358 g/mol. The molecule has 120 valence electrons. The van der Waals surface area contributed by atoms with Crippen molar-refractivity contribution in [3.8, 4) is 0 Å². The van der Waals surface area contributed by atoms with Gasteiger partial charge in [0.1, 0.15) is 0 Å². The smallest absolute Gasteiger partial charge is 0.431 e. The number of hydrogen-bond donors (Lipinski definition) is 0. The predicted octanol–water partition coefficient (Wildman–Crippen LogP) is 1.05. The fraction of sp³-hybridized carbons (Fsp3) is 0.500. The average Bonchev–Trinajstić information content (AvgIpc) is 2.27. The highest BCUT2D eigenvalue weighted by atomic mass is 32.2. The Kier molecular flexibility index (Phi) is 4.53. The minimum Gasteiger partial charge on any atom is -0.743 e. The molecule has 0 aromatic carbocycles. The van der Waals surface area contributed by atoms with Gasteiger partial charge in [-0.1, -0.05) is 0 Å². The Hall–Kier alpha value is -1.71. The van der Waals surface area contributed by atoms with Crippen LogP contribution in [0.5, 0.6) is 0 Å². The average molecular weight is 358 g/mol. The third kappa shape index (κ3) is 2.47. The van der Waals surface area contributed by atoms with E-state index in [-0.39, 0.29) is 0 Å². The number of alkyl halides is 6. The molecule has 0 heterocycles. The summed E-state index contributed by atoms with van der Waals surface area (Å²) < 4.78 is 129. The van der Waals surface area contributed by atoms with Crippen molar-refractivity contribution in [3.05, 3.63) is 28.3 Å². The van der Waals surface area contributed by atoms with Crippen molar-refractivity contribution in [1.29, 1.82) is 0 Å². The van der Waals surface area contributed by atoms with Crippen LogP contribution in [0.1, 0.15) is 0 Å². The van der Waals surface area contributed by atoms with E-state index in [0.717, 1.165) is 0 Å². The van der Waals surface area contributed by atoms with Gasteiger partial charge in [0.15, 0.2) is 10.1 Å². The lowest BCUT2D eigenvalue weighted by molar-refractivity contribution is -0.245. The van der Waals surface area contributed by atoms with E-state index in [2.05, 4.69) is 0 Å². The van der Waals surface area contributed by atoms with Gasteiger partial charge in [0, 0.05) is 0 Å². The highest BCUT2D eigenvalue weighted by Gasteiger charge is 2.80. The van der Waals surface area contributed by atoms with Crippen LogP contribution < -0.4 is 0 Å². The molecule has 0 bridgehead atoms. The zero-order valence-electron chi connectivity index (χ0n) is 9.02. The molecule has 0 fully saturated rings. The summed E-state index contributed by atoms with van der Waals surface area (Å²) in [6, 6.07) is 0. The first-order valence-corrected chi connectivity index (χ1v) is 6.87. The topological polar surface area (TPSA) is 100 Å². The summed E-state index contributed by atoms with van der Waals surface area (Å²) in [4.78, 5) is 3.28. The second-order valence-electron chi connectivity index (χ2n) is 3.07. The molecule has 0 unspecified atom stereocenters. The molecule has 0 amide bonds. The molecular formula is C6F6N2O5S2-2. The molecule has 7 nitrogen and oxygen atoms in total. The summed E-state index contributed by atoms with van der Waals surface area (Å²) >= 11 is 0. The second kappa shape index (κ2) is 4.93. The van der Waals surface area contributed by atoms with E-state index in [4.69, 9.17) is 13.1 Å². The van der Waals surface area contributed by atoms with Crippen molar-refractivity contribution in [2.24, 2.45) is 0 Å². The molecule has 0 aliphatic rings. The Labute approximate surface area is 113 Å². The molecule has 0 radical (unpaired) electrons. The van der Waals surface area contributed by atoms with Gasteiger partial charge in [0.05, 0.1) is 0 Å². The molecule has 15 heteroatoms. The maximum absolute atomic E-state index is 13.1. The maximum atomic E-state index is 13.1. The summed E-state index contributed by atoms with van der Waals surface area (Å²) in [5.41, 5.74) is -2.61. The maximum Gasteiger partial charge on any atom is 0.431 e. The summed E-state index contributed by atoms with van der Waals surface area (Å²) in [6.45, 7) is 12.1. The van der Waals surface area contributed by atoms with E-state index in [1.807, 2.05) is 0 Å². The van der Waals surface area contributed by atoms with E-state index >= 15 is 0 Å². The van der Waals surface area contributed by atoms with Crippen LogP contribution in [-0.2, 0) is 20.0 Å². The third-order valence-corrected chi connectivity index (χ3v) is 4.29. The van der Waals surface area contributed by atoms with Gasteiger partial charge in [0.2, 0.25) is 0 Å². The normalized spacial score (nSPS) is 14.1. The van der Waals surface area contributed by atoms with E-state index in [1.165, 1.54) is 0 Å². The van der Waals surface area contributed by atoms with Gasteiger partial charge in [0.25, 0.3) is 9.84 Å². The summed E-state index contributed by atoms with van der Waals surface area (Å²) in [5, 5.41) is -13.9. The van der Waals surface area contributed by atoms with Crippen LogP contribution in [0.3, 0.4) is 0 Å². The van der Waals surface area contributed by atoms with E-state index in [9.17, 15) is 47.7 Å². The molecule has 0 aliphatic heterocycles. The number of halogens is 6. The van der Waals surface area contributed by atoms with Gasteiger partial charge in [-0.05, 0) is 0 Å². The molecule has 0 aromatic rings. The summed E-state index contributed by atoms with van der Waals surface area (Å²) in [7, 11) is -14.3. The van der Waals surface area contributed by atoms with Gasteiger partial charge in [-0.2, -0.15) is 26.3 Å². The third-order valence-electron chi connectivity index (χ3n) is 1.81. The number of hydrogen-bond acceptors (Lipinski definition) is 5. The molecule has 21 heavy (non-hydrogen) atoms. The zero-order valence-corrected chi connectivity index (χ0v) is 10.7. The van der Waals surface area contributed by atoms with Gasteiger partial charge >= 0.3 is 21.9 Å². The zero-order chi connectivity index (χ0) is 17.5. The van der Waals surface area contributed by atoms with Crippen molar-refractivity contribution < 1.29 is 47.7 Å². The molecule has 0 rings (SSSR count). The Morgan fingerprint density at radius 2 is 1.19 bits per heavy atom. The van der Waals surface area contributed by atoms with Gasteiger partial charge in [-0.25, -0.2) is 16.8 Å². The minimum atomic E-state index is -7.38. The Morgan fingerprint density at radius 1 is 0.857 bits per heavy atom. The highest BCUT2D eigenvalue weighted by molar-refractivity contribution is 7.95. The van der Waals surface area contributed by atoms with Crippen LogP contribution in [-0.4, -0.2) is 37.8 Å². The standard InChI is InChI=1S/C6HF6N2O5S2/c1-13-3(14-2)20(15,16)5(9,10)4(7,8)6(11,12)21(17,18)19/h(H,17,18,19)/q-1/p-1. The van der Waals surface area contributed by atoms with Crippen LogP contribution in [0.4, 0.5) is 26.3 Å². The van der Waals surface area contributed by atoms with Crippen molar-refractivity contribution in [2.45, 2.75) is 16.4 Å². The monoisotopic (exact) mass is 358 g/mol. The quantitative estimate of drug-likeness (QED) is 0.416. The van der Waals surface area contributed by atoms with Crippen LogP contribution in [0.2, 0.25) is 0 Å². The van der Waals surface area contributed by atoms with Gasteiger partial charge in [-0.3, -0.25) is 13.1 Å². The minimum absolute atomic E-state index is 1.64.